The van der Waals surface area contributed by atoms with Crippen LogP contribution in [-0.4, -0.2) is 38.6 Å². The Bertz CT molecular complexity index is 830. The summed E-state index contributed by atoms with van der Waals surface area (Å²) in [6, 6.07) is 9.17. The van der Waals surface area contributed by atoms with Crippen molar-refractivity contribution in [3.8, 4) is 0 Å². The molecule has 2 aromatic rings. The molecule has 26 heavy (non-hydrogen) atoms. The van der Waals surface area contributed by atoms with Crippen molar-refractivity contribution in [1.82, 2.24) is 4.90 Å². The SMILES string of the molecule is Cc1cccc(N(CC(=O)N(Cc2ccsc2)CC(C)C)S(C)(=O)=O)c1. The number of carbonyl (C=O) groups excluding carboxylic acids is 1. The molecule has 0 aliphatic carbocycles. The number of nitrogens with zero attached hydrogens (tertiary/aromatic N) is 2. The summed E-state index contributed by atoms with van der Waals surface area (Å²) in [6.07, 6.45) is 1.13. The first kappa shape index (κ1) is 20.5. The van der Waals surface area contributed by atoms with Crippen molar-refractivity contribution in [2.24, 2.45) is 5.92 Å². The van der Waals surface area contributed by atoms with E-state index < -0.39 is 10.0 Å². The molecule has 0 spiro atoms. The molecule has 1 heterocycles. The lowest BCUT2D eigenvalue weighted by Crippen LogP contribution is -2.43. The number of carbonyl (C=O) groups is 1. The zero-order chi connectivity index (χ0) is 19.3. The molecule has 0 aliphatic rings. The van der Waals surface area contributed by atoms with Gasteiger partial charge in [-0.25, -0.2) is 8.42 Å². The molecule has 0 saturated heterocycles. The highest BCUT2D eigenvalue weighted by molar-refractivity contribution is 7.92. The molecule has 1 aromatic heterocycles. The second-order valence-corrected chi connectivity index (χ2v) is 9.60. The predicted octanol–water partition coefficient (Wildman–Crippen LogP) is 3.51. The maximum Gasteiger partial charge on any atom is 0.243 e. The molecule has 0 saturated carbocycles. The molecule has 7 heteroatoms. The summed E-state index contributed by atoms with van der Waals surface area (Å²) in [5.74, 6) is 0.0973. The van der Waals surface area contributed by atoms with Gasteiger partial charge in [0, 0.05) is 13.1 Å². The van der Waals surface area contributed by atoms with Gasteiger partial charge in [-0.05, 0) is 52.9 Å². The molecule has 0 atom stereocenters. The van der Waals surface area contributed by atoms with Crippen LogP contribution in [0.2, 0.25) is 0 Å². The molecule has 1 aromatic carbocycles. The first-order chi connectivity index (χ1) is 12.2. The third-order valence-corrected chi connectivity index (χ3v) is 5.73. The number of aryl methyl sites for hydroxylation is 1. The van der Waals surface area contributed by atoms with Crippen molar-refractivity contribution >= 4 is 33.0 Å². The van der Waals surface area contributed by atoms with E-state index in [9.17, 15) is 13.2 Å². The summed E-state index contributed by atoms with van der Waals surface area (Å²) in [6.45, 7) is 6.87. The Labute approximate surface area is 160 Å². The predicted molar refractivity (Wildman–Crippen MR) is 108 cm³/mol. The molecule has 142 valence electrons. The van der Waals surface area contributed by atoms with Crippen molar-refractivity contribution in [3.05, 3.63) is 52.2 Å². The standard InChI is InChI=1S/C19H26N2O3S2/c1-15(2)11-20(12-17-8-9-25-14-17)19(22)13-21(26(4,23)24)18-7-5-6-16(3)10-18/h5-10,14-15H,11-13H2,1-4H3. The highest BCUT2D eigenvalue weighted by Crippen LogP contribution is 2.20. The van der Waals surface area contributed by atoms with Crippen molar-refractivity contribution in [2.75, 3.05) is 23.7 Å². The van der Waals surface area contributed by atoms with E-state index in [-0.39, 0.29) is 12.5 Å². The molecule has 1 amide bonds. The van der Waals surface area contributed by atoms with Crippen molar-refractivity contribution in [1.29, 1.82) is 0 Å². The first-order valence-electron chi connectivity index (χ1n) is 8.50. The van der Waals surface area contributed by atoms with Gasteiger partial charge in [0.15, 0.2) is 0 Å². The van der Waals surface area contributed by atoms with Gasteiger partial charge in [-0.1, -0.05) is 26.0 Å². The van der Waals surface area contributed by atoms with Crippen LogP contribution in [0.3, 0.4) is 0 Å². The van der Waals surface area contributed by atoms with Crippen molar-refractivity contribution in [3.63, 3.8) is 0 Å². The quantitative estimate of drug-likeness (QED) is 0.688. The van der Waals surface area contributed by atoms with Crippen molar-refractivity contribution < 1.29 is 13.2 Å². The lowest BCUT2D eigenvalue weighted by atomic mass is 10.2. The molecule has 0 unspecified atom stereocenters. The average molecular weight is 395 g/mol. The van der Waals surface area contributed by atoms with Gasteiger partial charge in [-0.2, -0.15) is 11.3 Å². The van der Waals surface area contributed by atoms with Gasteiger partial charge in [0.25, 0.3) is 0 Å². The first-order valence-corrected chi connectivity index (χ1v) is 11.3. The molecular weight excluding hydrogens is 368 g/mol. The second kappa shape index (κ2) is 8.68. The van der Waals surface area contributed by atoms with Crippen LogP contribution in [-0.2, 0) is 21.4 Å². The smallest absolute Gasteiger partial charge is 0.243 e. The zero-order valence-electron chi connectivity index (χ0n) is 15.7. The Morgan fingerprint density at radius 2 is 1.96 bits per heavy atom. The third-order valence-electron chi connectivity index (χ3n) is 3.86. The Morgan fingerprint density at radius 3 is 2.50 bits per heavy atom. The molecular formula is C19H26N2O3S2. The number of hydrogen-bond donors (Lipinski definition) is 0. The van der Waals surface area contributed by atoms with Gasteiger partial charge in [0.05, 0.1) is 11.9 Å². The minimum Gasteiger partial charge on any atom is -0.337 e. The molecule has 0 radical (unpaired) electrons. The zero-order valence-corrected chi connectivity index (χ0v) is 17.3. The maximum absolute atomic E-state index is 12.9. The van der Waals surface area contributed by atoms with E-state index in [1.807, 2.05) is 43.7 Å². The van der Waals surface area contributed by atoms with Gasteiger partial charge in [-0.3, -0.25) is 9.10 Å². The molecule has 0 aliphatic heterocycles. The van der Waals surface area contributed by atoms with E-state index in [0.717, 1.165) is 17.4 Å². The van der Waals surface area contributed by atoms with Gasteiger partial charge in [-0.15, -0.1) is 0 Å². The minimum atomic E-state index is -3.57. The van der Waals surface area contributed by atoms with Gasteiger partial charge in [0.2, 0.25) is 15.9 Å². The summed E-state index contributed by atoms with van der Waals surface area (Å²) in [4.78, 5) is 14.7. The number of rotatable bonds is 8. The molecule has 5 nitrogen and oxygen atoms in total. The topological polar surface area (TPSA) is 57.7 Å². The highest BCUT2D eigenvalue weighted by atomic mass is 32.2. The summed E-state index contributed by atoms with van der Waals surface area (Å²) in [7, 11) is -3.57. The molecule has 0 N–H and O–H groups in total. The highest BCUT2D eigenvalue weighted by Gasteiger charge is 2.24. The van der Waals surface area contributed by atoms with Crippen LogP contribution in [0.4, 0.5) is 5.69 Å². The number of thiophene rings is 1. The number of amides is 1. The van der Waals surface area contributed by atoms with Crippen LogP contribution in [0.15, 0.2) is 41.1 Å². The summed E-state index contributed by atoms with van der Waals surface area (Å²) in [5, 5.41) is 3.98. The fourth-order valence-electron chi connectivity index (χ4n) is 2.70. The summed E-state index contributed by atoms with van der Waals surface area (Å²) >= 11 is 1.58. The van der Waals surface area contributed by atoms with Gasteiger partial charge in [0.1, 0.15) is 6.54 Å². The lowest BCUT2D eigenvalue weighted by Gasteiger charge is -2.28. The van der Waals surface area contributed by atoms with E-state index in [2.05, 4.69) is 0 Å². The second-order valence-electron chi connectivity index (χ2n) is 6.91. The Hall–Kier alpha value is -1.86. The normalized spacial score (nSPS) is 11.6. The van der Waals surface area contributed by atoms with Gasteiger partial charge < -0.3 is 4.90 Å². The minimum absolute atomic E-state index is 0.195. The Balaban J connectivity index is 2.25. The van der Waals surface area contributed by atoms with Crippen molar-refractivity contribution in [2.45, 2.75) is 27.3 Å². The van der Waals surface area contributed by atoms with Crippen LogP contribution in [0.25, 0.3) is 0 Å². The molecule has 2 rings (SSSR count). The van der Waals surface area contributed by atoms with E-state index in [4.69, 9.17) is 0 Å². The average Bonchev–Trinajstić information content (AvgIpc) is 3.03. The molecule has 0 bridgehead atoms. The monoisotopic (exact) mass is 394 g/mol. The van der Waals surface area contributed by atoms with Gasteiger partial charge >= 0.3 is 0 Å². The number of sulfonamides is 1. The lowest BCUT2D eigenvalue weighted by molar-refractivity contribution is -0.130. The van der Waals surface area contributed by atoms with E-state index in [1.165, 1.54) is 4.31 Å². The molecule has 0 fully saturated rings. The number of anilines is 1. The maximum atomic E-state index is 12.9. The third kappa shape index (κ3) is 5.85. The Kier molecular flexibility index (Phi) is 6.83. The van der Waals surface area contributed by atoms with Crippen LogP contribution < -0.4 is 4.31 Å². The van der Waals surface area contributed by atoms with E-state index >= 15 is 0 Å². The largest absolute Gasteiger partial charge is 0.337 e. The van der Waals surface area contributed by atoms with Crippen LogP contribution in [0.1, 0.15) is 25.0 Å². The summed E-state index contributed by atoms with van der Waals surface area (Å²) in [5.41, 5.74) is 2.52. The van der Waals surface area contributed by atoms with Crippen LogP contribution in [0.5, 0.6) is 0 Å². The fourth-order valence-corrected chi connectivity index (χ4v) is 4.21. The Morgan fingerprint density at radius 1 is 1.23 bits per heavy atom. The number of hydrogen-bond acceptors (Lipinski definition) is 4. The number of benzene rings is 1. The van der Waals surface area contributed by atoms with Crippen LogP contribution >= 0.6 is 11.3 Å². The summed E-state index contributed by atoms with van der Waals surface area (Å²) < 4.78 is 25.8. The van der Waals surface area contributed by atoms with E-state index in [1.54, 1.807) is 34.4 Å². The van der Waals surface area contributed by atoms with E-state index in [0.29, 0.717) is 24.7 Å². The van der Waals surface area contributed by atoms with Crippen LogP contribution in [0, 0.1) is 12.8 Å². The fraction of sp³-hybridized carbons (Fsp3) is 0.421.